The van der Waals surface area contributed by atoms with E-state index >= 15 is 0 Å². The van der Waals surface area contributed by atoms with Gasteiger partial charge in [-0.25, -0.2) is 9.18 Å². The maximum atomic E-state index is 14.1. The lowest BCUT2D eigenvalue weighted by molar-refractivity contribution is -0.164. The molecule has 1 saturated carbocycles. The number of hydrogen-bond donors (Lipinski definition) is 0. The van der Waals surface area contributed by atoms with Crippen molar-refractivity contribution >= 4 is 11.8 Å². The van der Waals surface area contributed by atoms with Crippen LogP contribution in [0.1, 0.15) is 33.1 Å². The molecule has 2 unspecified atom stereocenters. The van der Waals surface area contributed by atoms with E-state index in [1.807, 2.05) is 13.8 Å². The average molecular weight is 216 g/mol. The predicted octanol–water partition coefficient (Wildman–Crippen LogP) is 1.89. The van der Waals surface area contributed by atoms with Crippen LogP contribution >= 0.6 is 0 Å². The lowest BCUT2D eigenvalue weighted by Crippen LogP contribution is -2.48. The second-order valence-electron chi connectivity index (χ2n) is 4.46. The zero-order chi connectivity index (χ0) is 11.6. The van der Waals surface area contributed by atoms with E-state index in [2.05, 4.69) is 4.74 Å². The Morgan fingerprint density at radius 3 is 2.67 bits per heavy atom. The molecule has 15 heavy (non-hydrogen) atoms. The molecule has 1 aliphatic rings. The van der Waals surface area contributed by atoms with Gasteiger partial charge < -0.3 is 4.74 Å². The fourth-order valence-corrected chi connectivity index (χ4v) is 2.02. The number of rotatable bonds is 2. The van der Waals surface area contributed by atoms with Gasteiger partial charge in [0.15, 0.2) is 5.78 Å². The molecule has 0 saturated heterocycles. The minimum Gasteiger partial charge on any atom is -0.466 e. The summed E-state index contributed by atoms with van der Waals surface area (Å²) in [5.41, 5.74) is -2.40. The molecular formula is C11H17FO3. The number of alkyl halides is 1. The van der Waals surface area contributed by atoms with Crippen LogP contribution in [-0.2, 0) is 14.3 Å². The fourth-order valence-electron chi connectivity index (χ4n) is 2.02. The number of carbonyl (C=O) groups excluding carboxylic acids is 2. The van der Waals surface area contributed by atoms with Crippen molar-refractivity contribution in [2.24, 2.45) is 11.8 Å². The molecule has 3 nitrogen and oxygen atoms in total. The first-order valence-electron chi connectivity index (χ1n) is 5.22. The Morgan fingerprint density at radius 1 is 1.60 bits per heavy atom. The van der Waals surface area contributed by atoms with Gasteiger partial charge in [0, 0.05) is 12.8 Å². The van der Waals surface area contributed by atoms with Gasteiger partial charge >= 0.3 is 5.97 Å². The highest BCUT2D eigenvalue weighted by Crippen LogP contribution is 2.37. The third-order valence-electron chi connectivity index (χ3n) is 3.18. The van der Waals surface area contributed by atoms with Crippen LogP contribution in [0.25, 0.3) is 0 Å². The minimum absolute atomic E-state index is 0.0316. The van der Waals surface area contributed by atoms with E-state index in [4.69, 9.17) is 0 Å². The number of ether oxygens (including phenoxy) is 1. The van der Waals surface area contributed by atoms with Crippen molar-refractivity contribution in [1.82, 2.24) is 0 Å². The van der Waals surface area contributed by atoms with Crippen LogP contribution in [0.2, 0.25) is 0 Å². The van der Waals surface area contributed by atoms with Crippen molar-refractivity contribution in [3.05, 3.63) is 0 Å². The molecule has 0 aliphatic heterocycles. The summed E-state index contributed by atoms with van der Waals surface area (Å²) < 4.78 is 18.5. The number of hydrogen-bond acceptors (Lipinski definition) is 3. The first-order chi connectivity index (χ1) is 6.91. The standard InChI is InChI=1S/C11H17FO3/c1-7(2)8-4-5-9(13)11(12,6-8)10(14)15-3/h7-8H,4-6H2,1-3H3. The average Bonchev–Trinajstić information content (AvgIpc) is 2.20. The molecule has 0 aromatic rings. The quantitative estimate of drug-likeness (QED) is 0.523. The van der Waals surface area contributed by atoms with Crippen LogP contribution in [0.5, 0.6) is 0 Å². The molecule has 0 amide bonds. The van der Waals surface area contributed by atoms with Crippen molar-refractivity contribution in [1.29, 1.82) is 0 Å². The van der Waals surface area contributed by atoms with E-state index < -0.39 is 17.4 Å². The summed E-state index contributed by atoms with van der Waals surface area (Å²) in [6, 6.07) is 0. The van der Waals surface area contributed by atoms with Crippen LogP contribution in [0.4, 0.5) is 4.39 Å². The van der Waals surface area contributed by atoms with Gasteiger partial charge in [-0.05, 0) is 18.3 Å². The first kappa shape index (κ1) is 12.1. The molecule has 4 heteroatoms. The normalized spacial score (nSPS) is 31.8. The second kappa shape index (κ2) is 4.29. The SMILES string of the molecule is COC(=O)C1(F)CC(C(C)C)CCC1=O. The van der Waals surface area contributed by atoms with Gasteiger partial charge in [-0.3, -0.25) is 4.79 Å². The van der Waals surface area contributed by atoms with Gasteiger partial charge in [0.25, 0.3) is 5.67 Å². The lowest BCUT2D eigenvalue weighted by Gasteiger charge is -2.33. The zero-order valence-corrected chi connectivity index (χ0v) is 9.38. The van der Waals surface area contributed by atoms with Gasteiger partial charge in [0.1, 0.15) is 0 Å². The number of halogens is 1. The summed E-state index contributed by atoms with van der Waals surface area (Å²) >= 11 is 0. The molecule has 0 aromatic carbocycles. The Balaban J connectivity index is 2.85. The van der Waals surface area contributed by atoms with E-state index in [9.17, 15) is 14.0 Å². The van der Waals surface area contributed by atoms with Gasteiger partial charge in [0.2, 0.25) is 0 Å². The van der Waals surface area contributed by atoms with E-state index in [1.165, 1.54) is 0 Å². The highest BCUT2D eigenvalue weighted by atomic mass is 19.1. The zero-order valence-electron chi connectivity index (χ0n) is 9.38. The second-order valence-corrected chi connectivity index (χ2v) is 4.46. The van der Waals surface area contributed by atoms with Gasteiger partial charge in [-0.1, -0.05) is 13.8 Å². The molecule has 0 radical (unpaired) electrons. The molecule has 0 spiro atoms. The Bertz CT molecular complexity index is 265. The van der Waals surface area contributed by atoms with Gasteiger partial charge in [0.05, 0.1) is 7.11 Å². The summed E-state index contributed by atoms with van der Waals surface area (Å²) in [6.07, 6.45) is 0.768. The molecule has 1 rings (SSSR count). The summed E-state index contributed by atoms with van der Waals surface area (Å²) in [7, 11) is 1.11. The minimum atomic E-state index is -2.40. The highest BCUT2D eigenvalue weighted by molar-refractivity contribution is 6.07. The van der Waals surface area contributed by atoms with Crippen LogP contribution in [0, 0.1) is 11.8 Å². The van der Waals surface area contributed by atoms with Crippen molar-refractivity contribution in [2.75, 3.05) is 7.11 Å². The molecule has 1 aliphatic carbocycles. The van der Waals surface area contributed by atoms with Crippen LogP contribution in [-0.4, -0.2) is 24.5 Å². The molecule has 86 valence electrons. The predicted molar refractivity (Wildman–Crippen MR) is 53.0 cm³/mol. The molecule has 0 aromatic heterocycles. The van der Waals surface area contributed by atoms with Crippen molar-refractivity contribution < 1.29 is 18.7 Å². The van der Waals surface area contributed by atoms with Gasteiger partial charge in [-0.15, -0.1) is 0 Å². The lowest BCUT2D eigenvalue weighted by atomic mass is 9.74. The van der Waals surface area contributed by atoms with Crippen LogP contribution in [0.3, 0.4) is 0 Å². The molecule has 1 fully saturated rings. The third kappa shape index (κ3) is 2.19. The van der Waals surface area contributed by atoms with Gasteiger partial charge in [-0.2, -0.15) is 0 Å². The molecule has 0 heterocycles. The third-order valence-corrected chi connectivity index (χ3v) is 3.18. The van der Waals surface area contributed by atoms with Crippen LogP contribution in [0.15, 0.2) is 0 Å². The number of Topliss-reactive ketones (excluding diaryl/α,β-unsaturated/α-hetero) is 1. The Morgan fingerprint density at radius 2 is 2.20 bits per heavy atom. The van der Waals surface area contributed by atoms with Crippen LogP contribution < -0.4 is 0 Å². The maximum absolute atomic E-state index is 14.1. The number of carbonyl (C=O) groups is 2. The highest BCUT2D eigenvalue weighted by Gasteiger charge is 2.51. The summed E-state index contributed by atoms with van der Waals surface area (Å²) in [5.74, 6) is -1.33. The number of esters is 1. The Kier molecular flexibility index (Phi) is 3.47. The number of methoxy groups -OCH3 is 1. The van der Waals surface area contributed by atoms with Crippen molar-refractivity contribution in [3.8, 4) is 0 Å². The molecule has 0 N–H and O–H groups in total. The smallest absolute Gasteiger partial charge is 0.351 e. The number of ketones is 1. The molecular weight excluding hydrogens is 199 g/mol. The molecule has 2 atom stereocenters. The largest absolute Gasteiger partial charge is 0.466 e. The fraction of sp³-hybridized carbons (Fsp3) is 0.818. The Labute approximate surface area is 89.0 Å². The maximum Gasteiger partial charge on any atom is 0.351 e. The molecule has 0 bridgehead atoms. The van der Waals surface area contributed by atoms with E-state index in [0.717, 1.165) is 7.11 Å². The van der Waals surface area contributed by atoms with Crippen molar-refractivity contribution in [2.45, 2.75) is 38.8 Å². The summed E-state index contributed by atoms with van der Waals surface area (Å²) in [4.78, 5) is 22.7. The Hall–Kier alpha value is -0.930. The van der Waals surface area contributed by atoms with E-state index in [1.54, 1.807) is 0 Å². The monoisotopic (exact) mass is 216 g/mol. The van der Waals surface area contributed by atoms with E-state index in [0.29, 0.717) is 6.42 Å². The summed E-state index contributed by atoms with van der Waals surface area (Å²) in [5, 5.41) is 0. The summed E-state index contributed by atoms with van der Waals surface area (Å²) in [6.45, 7) is 3.94. The van der Waals surface area contributed by atoms with E-state index in [-0.39, 0.29) is 24.7 Å². The topological polar surface area (TPSA) is 43.4 Å². The van der Waals surface area contributed by atoms with Crippen molar-refractivity contribution in [3.63, 3.8) is 0 Å². The first-order valence-corrected chi connectivity index (χ1v) is 5.22.